The summed E-state index contributed by atoms with van der Waals surface area (Å²) in [5, 5.41) is 0. The molecule has 0 bridgehead atoms. The van der Waals surface area contributed by atoms with Crippen LogP contribution in [0.15, 0.2) is 18.2 Å². The molecule has 1 aliphatic rings. The Hall–Kier alpha value is -1.09. The molecule has 1 aliphatic carbocycles. The van der Waals surface area contributed by atoms with E-state index in [1.54, 1.807) is 6.07 Å². The van der Waals surface area contributed by atoms with Crippen molar-refractivity contribution in [2.24, 2.45) is 0 Å². The second kappa shape index (κ2) is 4.19. The highest BCUT2D eigenvalue weighted by Gasteiger charge is 2.28. The molecule has 0 heterocycles. The molecule has 0 saturated heterocycles. The molecule has 1 aromatic carbocycles. The van der Waals surface area contributed by atoms with Gasteiger partial charge in [-0.2, -0.15) is 0 Å². The molecule has 2 nitrogen and oxygen atoms in total. The molecular weight excluding hydrogens is 191 g/mol. The van der Waals surface area contributed by atoms with Gasteiger partial charge in [-0.3, -0.25) is 4.90 Å². The summed E-state index contributed by atoms with van der Waals surface area (Å²) in [6.07, 6.45) is 2.53. The molecule has 2 N–H and O–H groups in total. The van der Waals surface area contributed by atoms with Crippen LogP contribution in [0, 0.1) is 5.82 Å². The summed E-state index contributed by atoms with van der Waals surface area (Å²) >= 11 is 0. The number of benzene rings is 1. The molecule has 0 aliphatic heterocycles. The Morgan fingerprint density at radius 3 is 2.80 bits per heavy atom. The van der Waals surface area contributed by atoms with Crippen molar-refractivity contribution < 1.29 is 4.39 Å². The van der Waals surface area contributed by atoms with Crippen molar-refractivity contribution >= 4 is 5.69 Å². The van der Waals surface area contributed by atoms with Gasteiger partial charge in [0.2, 0.25) is 0 Å². The number of hydrogen-bond acceptors (Lipinski definition) is 2. The van der Waals surface area contributed by atoms with Crippen LogP contribution < -0.4 is 5.73 Å². The van der Waals surface area contributed by atoms with Crippen molar-refractivity contribution in [3.8, 4) is 0 Å². The largest absolute Gasteiger partial charge is 0.396 e. The van der Waals surface area contributed by atoms with E-state index in [0.29, 0.717) is 11.7 Å². The van der Waals surface area contributed by atoms with Gasteiger partial charge in [0, 0.05) is 12.6 Å². The Balaban J connectivity index is 2.11. The third kappa shape index (κ3) is 2.29. The molecule has 0 spiro atoms. The summed E-state index contributed by atoms with van der Waals surface area (Å²) in [6, 6.07) is 5.73. The summed E-state index contributed by atoms with van der Waals surface area (Å²) in [6.45, 7) is 3.90. The van der Waals surface area contributed by atoms with Crippen LogP contribution in [0.25, 0.3) is 0 Å². The second-order valence-corrected chi connectivity index (χ2v) is 4.11. The van der Waals surface area contributed by atoms with Crippen LogP contribution >= 0.6 is 0 Å². The monoisotopic (exact) mass is 208 g/mol. The number of nitrogens with two attached hydrogens (primary N) is 1. The van der Waals surface area contributed by atoms with E-state index < -0.39 is 0 Å². The number of anilines is 1. The Bertz CT molecular complexity index is 347. The molecule has 1 saturated carbocycles. The zero-order valence-electron chi connectivity index (χ0n) is 9.04. The van der Waals surface area contributed by atoms with E-state index in [1.807, 2.05) is 6.07 Å². The predicted octanol–water partition coefficient (Wildman–Crippen LogP) is 2.39. The van der Waals surface area contributed by atoms with Gasteiger partial charge in [0.1, 0.15) is 5.82 Å². The summed E-state index contributed by atoms with van der Waals surface area (Å²) in [4.78, 5) is 2.35. The van der Waals surface area contributed by atoms with E-state index in [2.05, 4.69) is 11.8 Å². The minimum absolute atomic E-state index is 0.302. The van der Waals surface area contributed by atoms with Crippen LogP contribution in [-0.2, 0) is 6.54 Å². The van der Waals surface area contributed by atoms with Crippen LogP contribution in [0.5, 0.6) is 0 Å². The van der Waals surface area contributed by atoms with E-state index in [1.165, 1.54) is 18.9 Å². The third-order valence-corrected chi connectivity index (χ3v) is 2.99. The van der Waals surface area contributed by atoms with Gasteiger partial charge in [0.05, 0.1) is 5.69 Å². The Morgan fingerprint density at radius 2 is 2.20 bits per heavy atom. The van der Waals surface area contributed by atoms with Crippen LogP contribution in [0.4, 0.5) is 10.1 Å². The van der Waals surface area contributed by atoms with Crippen LogP contribution in [0.1, 0.15) is 25.3 Å². The Kier molecular flexibility index (Phi) is 2.91. The maximum atomic E-state index is 13.2. The molecule has 1 aromatic rings. The first-order chi connectivity index (χ1) is 7.22. The minimum Gasteiger partial charge on any atom is -0.396 e. The smallest absolute Gasteiger partial charge is 0.146 e. The Morgan fingerprint density at radius 1 is 1.47 bits per heavy atom. The standard InChI is InChI=1S/C12H17FN2/c1-2-15(10-6-7-10)8-9-4-3-5-11(13)12(9)14/h3-5,10H,2,6-8,14H2,1H3. The van der Waals surface area contributed by atoms with E-state index in [0.717, 1.165) is 18.7 Å². The van der Waals surface area contributed by atoms with Crippen molar-refractivity contribution in [3.63, 3.8) is 0 Å². The number of halogens is 1. The number of nitrogen functional groups attached to an aromatic ring is 1. The first kappa shape index (κ1) is 10.4. The zero-order valence-corrected chi connectivity index (χ0v) is 9.04. The van der Waals surface area contributed by atoms with Gasteiger partial charge in [0.25, 0.3) is 0 Å². The molecule has 0 radical (unpaired) electrons. The molecule has 15 heavy (non-hydrogen) atoms. The summed E-state index contributed by atoms with van der Waals surface area (Å²) in [7, 11) is 0. The van der Waals surface area contributed by atoms with Gasteiger partial charge in [0.15, 0.2) is 0 Å². The minimum atomic E-state index is -0.306. The topological polar surface area (TPSA) is 29.3 Å². The first-order valence-electron chi connectivity index (χ1n) is 5.49. The highest BCUT2D eigenvalue weighted by Crippen LogP contribution is 2.29. The number of nitrogens with zero attached hydrogens (tertiary/aromatic N) is 1. The van der Waals surface area contributed by atoms with E-state index in [4.69, 9.17) is 5.73 Å². The van der Waals surface area contributed by atoms with Crippen molar-refractivity contribution in [2.75, 3.05) is 12.3 Å². The lowest BCUT2D eigenvalue weighted by atomic mass is 10.1. The van der Waals surface area contributed by atoms with Gasteiger partial charge in [-0.15, -0.1) is 0 Å². The molecule has 0 amide bonds. The molecular formula is C12H17FN2. The molecule has 0 unspecified atom stereocenters. The SMILES string of the molecule is CCN(Cc1cccc(F)c1N)C1CC1. The van der Waals surface area contributed by atoms with E-state index in [9.17, 15) is 4.39 Å². The molecule has 0 aromatic heterocycles. The van der Waals surface area contributed by atoms with Crippen molar-refractivity contribution in [2.45, 2.75) is 32.4 Å². The Labute approximate surface area is 89.9 Å². The van der Waals surface area contributed by atoms with Crippen molar-refractivity contribution in [3.05, 3.63) is 29.6 Å². The van der Waals surface area contributed by atoms with Crippen LogP contribution in [-0.4, -0.2) is 17.5 Å². The fourth-order valence-corrected chi connectivity index (χ4v) is 1.88. The molecule has 1 fully saturated rings. The van der Waals surface area contributed by atoms with Crippen LogP contribution in [0.2, 0.25) is 0 Å². The average molecular weight is 208 g/mol. The lowest BCUT2D eigenvalue weighted by Crippen LogP contribution is -2.25. The molecule has 3 heteroatoms. The lowest BCUT2D eigenvalue weighted by molar-refractivity contribution is 0.269. The lowest BCUT2D eigenvalue weighted by Gasteiger charge is -2.20. The molecule has 0 atom stereocenters. The molecule has 82 valence electrons. The van der Waals surface area contributed by atoms with E-state index in [-0.39, 0.29) is 5.82 Å². The number of para-hydroxylation sites is 1. The summed E-state index contributed by atoms with van der Waals surface area (Å²) in [5.41, 5.74) is 6.91. The fourth-order valence-electron chi connectivity index (χ4n) is 1.88. The average Bonchev–Trinajstić information content (AvgIpc) is 3.04. The maximum absolute atomic E-state index is 13.2. The molecule has 2 rings (SSSR count). The maximum Gasteiger partial charge on any atom is 0.146 e. The third-order valence-electron chi connectivity index (χ3n) is 2.99. The number of rotatable bonds is 4. The van der Waals surface area contributed by atoms with Gasteiger partial charge in [-0.25, -0.2) is 4.39 Å². The van der Waals surface area contributed by atoms with Crippen molar-refractivity contribution in [1.82, 2.24) is 4.90 Å². The second-order valence-electron chi connectivity index (χ2n) is 4.11. The van der Waals surface area contributed by atoms with Gasteiger partial charge >= 0.3 is 0 Å². The van der Waals surface area contributed by atoms with Gasteiger partial charge in [-0.05, 0) is 31.0 Å². The fraction of sp³-hybridized carbons (Fsp3) is 0.500. The predicted molar refractivity (Wildman–Crippen MR) is 59.9 cm³/mol. The van der Waals surface area contributed by atoms with Gasteiger partial charge in [-0.1, -0.05) is 19.1 Å². The zero-order chi connectivity index (χ0) is 10.8. The number of hydrogen-bond donors (Lipinski definition) is 1. The van der Waals surface area contributed by atoms with Crippen molar-refractivity contribution in [1.29, 1.82) is 0 Å². The quantitative estimate of drug-likeness (QED) is 0.770. The summed E-state index contributed by atoms with van der Waals surface area (Å²) < 4.78 is 13.2. The first-order valence-corrected chi connectivity index (χ1v) is 5.49. The highest BCUT2D eigenvalue weighted by molar-refractivity contribution is 5.47. The van der Waals surface area contributed by atoms with E-state index >= 15 is 0 Å². The van der Waals surface area contributed by atoms with Gasteiger partial charge < -0.3 is 5.73 Å². The van der Waals surface area contributed by atoms with Crippen LogP contribution in [0.3, 0.4) is 0 Å². The normalized spacial score (nSPS) is 15.9. The highest BCUT2D eigenvalue weighted by atomic mass is 19.1. The summed E-state index contributed by atoms with van der Waals surface area (Å²) in [5.74, 6) is -0.306.